The molecule has 0 bridgehead atoms. The van der Waals surface area contributed by atoms with Crippen molar-refractivity contribution >= 4 is 30.7 Å². The number of rotatable bonds is 6. The summed E-state index contributed by atoms with van der Waals surface area (Å²) in [5.41, 5.74) is 1.93. The first-order chi connectivity index (χ1) is 12.2. The van der Waals surface area contributed by atoms with E-state index in [-0.39, 0.29) is 42.5 Å². The first-order valence-electron chi connectivity index (χ1n) is 8.86. The summed E-state index contributed by atoms with van der Waals surface area (Å²) in [7, 11) is 0. The number of nitrogens with one attached hydrogen (secondary N) is 1. The van der Waals surface area contributed by atoms with Crippen LogP contribution in [0.4, 0.5) is 4.39 Å². The number of hydrogen-bond donors (Lipinski definition) is 1. The average molecular weight is 414 g/mol. The van der Waals surface area contributed by atoms with Crippen molar-refractivity contribution in [3.63, 3.8) is 0 Å². The van der Waals surface area contributed by atoms with Gasteiger partial charge in [-0.15, -0.1) is 24.8 Å². The maximum Gasteiger partial charge on any atom is 0.226 e. The van der Waals surface area contributed by atoms with Crippen LogP contribution in [0.5, 0.6) is 0 Å². The van der Waals surface area contributed by atoms with E-state index in [0.29, 0.717) is 13.1 Å². The van der Waals surface area contributed by atoms with E-state index in [1.165, 1.54) is 12.1 Å². The van der Waals surface area contributed by atoms with Crippen LogP contribution >= 0.6 is 24.8 Å². The molecular formula is C20H26Cl2FN3O. The number of benzene rings is 1. The summed E-state index contributed by atoms with van der Waals surface area (Å²) in [5.74, 6) is 0.0145. The van der Waals surface area contributed by atoms with E-state index >= 15 is 0 Å². The maximum absolute atomic E-state index is 13.1. The van der Waals surface area contributed by atoms with Gasteiger partial charge in [-0.2, -0.15) is 0 Å². The van der Waals surface area contributed by atoms with Gasteiger partial charge in [0.25, 0.3) is 0 Å². The van der Waals surface area contributed by atoms with E-state index in [9.17, 15) is 9.18 Å². The summed E-state index contributed by atoms with van der Waals surface area (Å²) < 4.78 is 13.1. The van der Waals surface area contributed by atoms with E-state index in [2.05, 4.69) is 10.3 Å². The second-order valence-electron chi connectivity index (χ2n) is 6.48. The van der Waals surface area contributed by atoms with E-state index in [1.807, 2.05) is 23.1 Å². The molecular weight excluding hydrogens is 388 g/mol. The Hall–Kier alpha value is -1.69. The lowest BCUT2D eigenvalue weighted by Crippen LogP contribution is -2.41. The molecule has 3 rings (SSSR count). The highest BCUT2D eigenvalue weighted by molar-refractivity contribution is 5.85. The highest BCUT2D eigenvalue weighted by Gasteiger charge is 2.26. The third-order valence-corrected chi connectivity index (χ3v) is 4.65. The van der Waals surface area contributed by atoms with Gasteiger partial charge in [0.1, 0.15) is 5.82 Å². The molecule has 1 amide bonds. The molecule has 1 aliphatic rings. The largest absolute Gasteiger partial charge is 0.338 e. The quantitative estimate of drug-likeness (QED) is 0.785. The van der Waals surface area contributed by atoms with Crippen LogP contribution in [0.1, 0.15) is 24.1 Å². The minimum absolute atomic E-state index is 0. The van der Waals surface area contributed by atoms with Crippen LogP contribution in [0.25, 0.3) is 0 Å². The summed E-state index contributed by atoms with van der Waals surface area (Å²) in [5, 5.41) is 3.30. The predicted molar refractivity (Wildman–Crippen MR) is 110 cm³/mol. The van der Waals surface area contributed by atoms with Gasteiger partial charge in [-0.1, -0.05) is 18.2 Å². The van der Waals surface area contributed by atoms with E-state index in [4.69, 9.17) is 0 Å². The Morgan fingerprint density at radius 2 is 1.81 bits per heavy atom. The van der Waals surface area contributed by atoms with Crippen LogP contribution in [-0.4, -0.2) is 35.4 Å². The molecule has 0 aliphatic carbocycles. The number of amides is 1. The van der Waals surface area contributed by atoms with Gasteiger partial charge >= 0.3 is 0 Å². The van der Waals surface area contributed by atoms with Crippen LogP contribution in [0.15, 0.2) is 48.7 Å². The minimum Gasteiger partial charge on any atom is -0.338 e. The first-order valence-corrected chi connectivity index (χ1v) is 8.86. The normalized spacial score (nSPS) is 14.0. The van der Waals surface area contributed by atoms with E-state index in [0.717, 1.165) is 43.6 Å². The highest BCUT2D eigenvalue weighted by Crippen LogP contribution is 2.18. The Morgan fingerprint density at radius 3 is 2.44 bits per heavy atom. The fourth-order valence-electron chi connectivity index (χ4n) is 3.20. The van der Waals surface area contributed by atoms with Crippen LogP contribution < -0.4 is 5.32 Å². The van der Waals surface area contributed by atoms with Crippen LogP contribution in [-0.2, 0) is 17.8 Å². The van der Waals surface area contributed by atoms with Crippen molar-refractivity contribution in [3.05, 3.63) is 65.7 Å². The van der Waals surface area contributed by atoms with Crippen LogP contribution in [0.3, 0.4) is 0 Å². The van der Waals surface area contributed by atoms with Gasteiger partial charge < -0.3 is 10.2 Å². The molecule has 1 N–H and O–H groups in total. The van der Waals surface area contributed by atoms with E-state index < -0.39 is 0 Å². The molecule has 0 radical (unpaired) electrons. The summed E-state index contributed by atoms with van der Waals surface area (Å²) in [4.78, 5) is 19.2. The van der Waals surface area contributed by atoms with Gasteiger partial charge in [-0.3, -0.25) is 9.78 Å². The van der Waals surface area contributed by atoms with Gasteiger partial charge in [0, 0.05) is 37.3 Å². The smallest absolute Gasteiger partial charge is 0.226 e. The molecule has 1 aromatic carbocycles. The van der Waals surface area contributed by atoms with Crippen molar-refractivity contribution in [2.75, 3.05) is 19.6 Å². The summed E-state index contributed by atoms with van der Waals surface area (Å²) in [6.07, 6.45) is 4.25. The van der Waals surface area contributed by atoms with Crippen molar-refractivity contribution in [2.45, 2.75) is 25.8 Å². The van der Waals surface area contributed by atoms with Gasteiger partial charge in [-0.25, -0.2) is 4.39 Å². The minimum atomic E-state index is -0.256. The van der Waals surface area contributed by atoms with Crippen LogP contribution in [0.2, 0.25) is 0 Å². The van der Waals surface area contributed by atoms with Crippen molar-refractivity contribution in [3.8, 4) is 0 Å². The molecule has 1 aromatic heterocycles. The first kappa shape index (κ1) is 23.3. The molecule has 148 valence electrons. The monoisotopic (exact) mass is 413 g/mol. The van der Waals surface area contributed by atoms with E-state index in [1.54, 1.807) is 18.3 Å². The van der Waals surface area contributed by atoms with Gasteiger partial charge in [0.15, 0.2) is 0 Å². The molecule has 4 nitrogen and oxygen atoms in total. The van der Waals surface area contributed by atoms with Gasteiger partial charge in [-0.05, 0) is 55.8 Å². The molecule has 0 unspecified atom stereocenters. The zero-order valence-corrected chi connectivity index (χ0v) is 16.8. The average Bonchev–Trinajstić information content (AvgIpc) is 2.67. The number of nitrogens with zero attached hydrogens (tertiary/aromatic N) is 2. The molecule has 1 saturated heterocycles. The number of aromatic nitrogens is 1. The molecule has 2 aromatic rings. The molecule has 0 spiro atoms. The van der Waals surface area contributed by atoms with Crippen molar-refractivity contribution in [1.82, 2.24) is 15.2 Å². The van der Waals surface area contributed by atoms with Crippen molar-refractivity contribution < 1.29 is 9.18 Å². The molecule has 1 fully saturated rings. The summed E-state index contributed by atoms with van der Waals surface area (Å²) in [6.45, 7) is 2.91. The SMILES string of the molecule is Cl.Cl.O=C(C1CCNCC1)N(CCc1ccccn1)Cc1ccc(F)cc1. The Kier molecular flexibility index (Phi) is 10.3. The Balaban J connectivity index is 0.00000182. The number of carbonyl (C=O) groups excluding carboxylic acids is 1. The second kappa shape index (κ2) is 11.9. The number of pyridine rings is 1. The number of carbonyl (C=O) groups is 1. The lowest BCUT2D eigenvalue weighted by atomic mass is 9.96. The summed E-state index contributed by atoms with van der Waals surface area (Å²) >= 11 is 0. The Morgan fingerprint density at radius 1 is 1.11 bits per heavy atom. The zero-order chi connectivity index (χ0) is 17.5. The Labute approximate surface area is 172 Å². The predicted octanol–water partition coefficient (Wildman–Crippen LogP) is 3.64. The third kappa shape index (κ3) is 7.09. The molecule has 27 heavy (non-hydrogen) atoms. The maximum atomic E-state index is 13.1. The van der Waals surface area contributed by atoms with Crippen LogP contribution in [0, 0.1) is 11.7 Å². The fraction of sp³-hybridized carbons (Fsp3) is 0.400. The molecule has 1 aliphatic heterocycles. The van der Waals surface area contributed by atoms with Crippen molar-refractivity contribution in [1.29, 1.82) is 0 Å². The number of piperidine rings is 1. The van der Waals surface area contributed by atoms with Gasteiger partial charge in [0.05, 0.1) is 0 Å². The lowest BCUT2D eigenvalue weighted by Gasteiger charge is -2.30. The molecule has 7 heteroatoms. The zero-order valence-electron chi connectivity index (χ0n) is 15.1. The number of hydrogen-bond acceptors (Lipinski definition) is 3. The Bertz CT molecular complexity index is 679. The third-order valence-electron chi connectivity index (χ3n) is 4.65. The standard InChI is InChI=1S/C20H24FN3O.2ClH/c21-18-6-4-16(5-7-18)15-24(14-10-19-3-1-2-11-23-19)20(25)17-8-12-22-13-9-17;;/h1-7,11,17,22H,8-10,12-15H2;2*1H. The number of halogens is 3. The fourth-order valence-corrected chi connectivity index (χ4v) is 3.20. The molecule has 0 saturated carbocycles. The van der Waals surface area contributed by atoms with Crippen molar-refractivity contribution in [2.24, 2.45) is 5.92 Å². The highest BCUT2D eigenvalue weighted by atomic mass is 35.5. The topological polar surface area (TPSA) is 45.2 Å². The molecule has 0 atom stereocenters. The molecule has 2 heterocycles. The summed E-state index contributed by atoms with van der Waals surface area (Å²) in [6, 6.07) is 12.2. The second-order valence-corrected chi connectivity index (χ2v) is 6.48. The van der Waals surface area contributed by atoms with Gasteiger partial charge in [0.2, 0.25) is 5.91 Å². The lowest BCUT2D eigenvalue weighted by molar-refractivity contribution is -0.137.